The van der Waals surface area contributed by atoms with Gasteiger partial charge < -0.3 is 19.4 Å². The number of benzene rings is 4. The number of phenolic OH excluding ortho intramolecular Hbond substituents is 1. The molecule has 0 aromatic heterocycles. The molecule has 1 saturated carbocycles. The van der Waals surface area contributed by atoms with E-state index in [2.05, 4.69) is 45.0 Å². The Balaban J connectivity index is 1.31. The lowest BCUT2D eigenvalue weighted by Crippen LogP contribution is -2.67. The first-order valence-electron chi connectivity index (χ1n) is 16.9. The molecule has 2 amide bonds. The molecule has 0 radical (unpaired) electrons. The Labute approximate surface area is 291 Å². The maximum atomic E-state index is 14.2. The van der Waals surface area contributed by atoms with Gasteiger partial charge in [0.2, 0.25) is 11.8 Å². The van der Waals surface area contributed by atoms with Crippen molar-refractivity contribution in [3.05, 3.63) is 125 Å². The summed E-state index contributed by atoms with van der Waals surface area (Å²) < 4.78 is 13.8. The summed E-state index contributed by atoms with van der Waals surface area (Å²) >= 11 is 0. The molecule has 3 aliphatic rings. The lowest BCUT2D eigenvalue weighted by Gasteiger charge is -2.48. The fourth-order valence-electron chi connectivity index (χ4n) is 8.59. The molecule has 10 nitrogen and oxygen atoms in total. The molecule has 3 fully saturated rings. The Kier molecular flexibility index (Phi) is 8.50. The number of aromatic hydroxyl groups is 1. The van der Waals surface area contributed by atoms with Crippen molar-refractivity contribution in [2.45, 2.75) is 50.5 Å². The predicted octanol–water partition coefficient (Wildman–Crippen LogP) is 5.47. The standard InChI is InChI=1S/C39H40N2O8Si/c1-38(2,3)50(30-16-6-4-7-17-30,31-18-8-5-9-19-31)48-24-26-21-32-35(33-23-34(49-39(26,33)45)25-12-10-15-29(42)20-25)37(44)40(36(32)43)27-13-11-14-28(22-27)41(46)47/h4-20,22,26,32-35,42,45H,21,23-24H2,1-3H3/t26-,32+,33+,34+,35+,39-/m1/s1. The van der Waals surface area contributed by atoms with Gasteiger partial charge in [-0.25, -0.2) is 4.90 Å². The van der Waals surface area contributed by atoms with Crippen LogP contribution < -0.4 is 15.3 Å². The summed E-state index contributed by atoms with van der Waals surface area (Å²) in [6, 6.07) is 32.4. The number of rotatable bonds is 8. The summed E-state index contributed by atoms with van der Waals surface area (Å²) in [5, 5.41) is 36.3. The molecule has 258 valence electrons. The zero-order chi connectivity index (χ0) is 35.4. The zero-order valence-electron chi connectivity index (χ0n) is 28.1. The van der Waals surface area contributed by atoms with Crippen LogP contribution in [0.3, 0.4) is 0 Å². The van der Waals surface area contributed by atoms with E-state index in [1.54, 1.807) is 24.3 Å². The molecule has 4 aromatic rings. The Bertz CT molecular complexity index is 1890. The van der Waals surface area contributed by atoms with Crippen molar-refractivity contribution in [3.63, 3.8) is 0 Å². The van der Waals surface area contributed by atoms with Gasteiger partial charge in [-0.1, -0.05) is 99.6 Å². The van der Waals surface area contributed by atoms with Gasteiger partial charge >= 0.3 is 0 Å². The first-order valence-corrected chi connectivity index (χ1v) is 18.8. The van der Waals surface area contributed by atoms with Gasteiger partial charge in [0.25, 0.3) is 14.0 Å². The van der Waals surface area contributed by atoms with Crippen LogP contribution in [0.15, 0.2) is 109 Å². The number of anilines is 1. The van der Waals surface area contributed by atoms with E-state index in [0.717, 1.165) is 15.3 Å². The summed E-state index contributed by atoms with van der Waals surface area (Å²) in [4.78, 5) is 40.5. The molecule has 0 spiro atoms. The minimum Gasteiger partial charge on any atom is -0.508 e. The first kappa shape index (κ1) is 33.8. The van der Waals surface area contributed by atoms with Crippen molar-refractivity contribution in [2.75, 3.05) is 11.5 Å². The molecular formula is C39H40N2O8Si. The molecule has 6 atom stereocenters. The van der Waals surface area contributed by atoms with Crippen molar-refractivity contribution in [2.24, 2.45) is 23.7 Å². The van der Waals surface area contributed by atoms with Gasteiger partial charge in [-0.05, 0) is 52.0 Å². The molecule has 2 saturated heterocycles. The van der Waals surface area contributed by atoms with Crippen LogP contribution in [0.5, 0.6) is 5.75 Å². The fourth-order valence-corrected chi connectivity index (χ4v) is 13.2. The smallest absolute Gasteiger partial charge is 0.271 e. The normalized spacial score (nSPS) is 26.5. The van der Waals surface area contributed by atoms with E-state index >= 15 is 0 Å². The van der Waals surface area contributed by atoms with Gasteiger partial charge in [-0.2, -0.15) is 0 Å². The van der Waals surface area contributed by atoms with E-state index in [1.807, 2.05) is 36.4 Å². The molecule has 50 heavy (non-hydrogen) atoms. The highest BCUT2D eigenvalue weighted by molar-refractivity contribution is 6.99. The number of carbonyl (C=O) groups is 2. The van der Waals surface area contributed by atoms with Gasteiger partial charge in [0.05, 0.1) is 28.6 Å². The molecule has 1 aliphatic carbocycles. The van der Waals surface area contributed by atoms with Gasteiger partial charge in [0, 0.05) is 30.6 Å². The zero-order valence-corrected chi connectivity index (χ0v) is 29.1. The summed E-state index contributed by atoms with van der Waals surface area (Å²) in [5.74, 6) is -6.00. The summed E-state index contributed by atoms with van der Waals surface area (Å²) in [5.41, 5.74) is 0.526. The lowest BCUT2D eigenvalue weighted by molar-refractivity contribution is -0.384. The second-order valence-electron chi connectivity index (χ2n) is 14.6. The second kappa shape index (κ2) is 12.6. The molecular weight excluding hydrogens is 653 g/mol. The summed E-state index contributed by atoms with van der Waals surface area (Å²) in [6.45, 7) is 6.53. The number of aliphatic hydroxyl groups is 1. The Morgan fingerprint density at radius 1 is 0.900 bits per heavy atom. The quantitative estimate of drug-likeness (QED) is 0.107. The van der Waals surface area contributed by atoms with Crippen molar-refractivity contribution in [3.8, 4) is 5.75 Å². The highest BCUT2D eigenvalue weighted by Gasteiger charge is 2.67. The number of phenols is 1. The third-order valence-corrected chi connectivity index (χ3v) is 15.8. The average Bonchev–Trinajstić information content (AvgIpc) is 3.58. The van der Waals surface area contributed by atoms with Gasteiger partial charge in [-0.3, -0.25) is 19.7 Å². The number of ether oxygens (including phenoxy) is 1. The van der Waals surface area contributed by atoms with Crippen molar-refractivity contribution < 1.29 is 33.9 Å². The maximum absolute atomic E-state index is 14.2. The number of nitrogens with zero attached hydrogens (tertiary/aromatic N) is 2. The van der Waals surface area contributed by atoms with E-state index in [4.69, 9.17) is 9.16 Å². The van der Waals surface area contributed by atoms with E-state index < -0.39 is 60.6 Å². The monoisotopic (exact) mass is 692 g/mol. The molecule has 2 aliphatic heterocycles. The highest BCUT2D eigenvalue weighted by atomic mass is 28.4. The van der Waals surface area contributed by atoms with Crippen molar-refractivity contribution in [1.29, 1.82) is 0 Å². The molecule has 7 rings (SSSR count). The van der Waals surface area contributed by atoms with Crippen LogP contribution in [-0.2, 0) is 18.8 Å². The number of hydrogen-bond donors (Lipinski definition) is 2. The van der Waals surface area contributed by atoms with Gasteiger partial charge in [0.15, 0.2) is 5.79 Å². The molecule has 0 unspecified atom stereocenters. The third kappa shape index (κ3) is 5.45. The highest BCUT2D eigenvalue weighted by Crippen LogP contribution is 2.59. The van der Waals surface area contributed by atoms with Crippen LogP contribution in [-0.4, -0.2) is 47.7 Å². The van der Waals surface area contributed by atoms with Crippen LogP contribution in [0, 0.1) is 33.8 Å². The number of nitro benzene ring substituents is 1. The summed E-state index contributed by atoms with van der Waals surface area (Å²) in [6.07, 6.45) is -0.335. The molecule has 2 heterocycles. The lowest BCUT2D eigenvalue weighted by atomic mass is 9.64. The Morgan fingerprint density at radius 2 is 1.54 bits per heavy atom. The minimum atomic E-state index is -3.07. The van der Waals surface area contributed by atoms with E-state index in [0.29, 0.717) is 5.56 Å². The topological polar surface area (TPSA) is 139 Å². The van der Waals surface area contributed by atoms with Crippen LogP contribution >= 0.6 is 0 Å². The molecule has 2 N–H and O–H groups in total. The molecule has 11 heteroatoms. The second-order valence-corrected chi connectivity index (χ2v) is 18.9. The van der Waals surface area contributed by atoms with Crippen LogP contribution in [0.2, 0.25) is 5.04 Å². The number of carbonyl (C=O) groups excluding carboxylic acids is 2. The van der Waals surface area contributed by atoms with E-state index in [1.165, 1.54) is 24.3 Å². The maximum Gasteiger partial charge on any atom is 0.271 e. The van der Waals surface area contributed by atoms with Crippen LogP contribution in [0.1, 0.15) is 45.3 Å². The van der Waals surface area contributed by atoms with Crippen molar-refractivity contribution >= 4 is 41.9 Å². The minimum absolute atomic E-state index is 0.0429. The number of imide groups is 1. The molecule has 0 bridgehead atoms. The number of nitro groups is 1. The van der Waals surface area contributed by atoms with Gasteiger partial charge in [0.1, 0.15) is 5.75 Å². The number of amides is 2. The number of non-ortho nitro benzene ring substituents is 1. The largest absolute Gasteiger partial charge is 0.508 e. The summed E-state index contributed by atoms with van der Waals surface area (Å²) in [7, 11) is -3.07. The first-order chi connectivity index (χ1) is 23.8. The average molecular weight is 693 g/mol. The van der Waals surface area contributed by atoms with Crippen molar-refractivity contribution in [1.82, 2.24) is 0 Å². The SMILES string of the molecule is CC(C)(C)[Si](OC[C@H]1C[C@@H]2C(=O)N(c3cccc([N+](=O)[O-])c3)C(=O)[C@@H]2[C@@H]2C[C@@H](c3cccc(O)c3)O[C@]12O)(c1ccccc1)c1ccccc1. The Morgan fingerprint density at radius 3 is 2.14 bits per heavy atom. The van der Waals surface area contributed by atoms with Crippen LogP contribution in [0.25, 0.3) is 0 Å². The molecule has 4 aromatic carbocycles. The predicted molar refractivity (Wildman–Crippen MR) is 189 cm³/mol. The number of hydrogen-bond acceptors (Lipinski definition) is 8. The van der Waals surface area contributed by atoms with E-state index in [-0.39, 0.29) is 41.6 Å². The fraction of sp³-hybridized carbons (Fsp3) is 0.333. The third-order valence-electron chi connectivity index (χ3n) is 10.8. The number of fused-ring (bicyclic) bond motifs is 3. The van der Waals surface area contributed by atoms with E-state index in [9.17, 15) is 29.9 Å². The van der Waals surface area contributed by atoms with Gasteiger partial charge in [-0.15, -0.1) is 0 Å². The Hall–Kier alpha value is -4.68. The van der Waals surface area contributed by atoms with Crippen LogP contribution in [0.4, 0.5) is 11.4 Å².